The highest BCUT2D eigenvalue weighted by molar-refractivity contribution is 9.10. The van der Waals surface area contributed by atoms with Crippen LogP contribution >= 0.6 is 15.9 Å². The van der Waals surface area contributed by atoms with Crippen LogP contribution < -0.4 is 5.32 Å². The quantitative estimate of drug-likeness (QED) is 0.764. The molecule has 0 aliphatic carbocycles. The second-order valence-electron chi connectivity index (χ2n) is 4.00. The molecule has 0 saturated carbocycles. The summed E-state index contributed by atoms with van der Waals surface area (Å²) in [4.78, 5) is 0. The molecular formula is C13H19BrFN. The smallest absolute Gasteiger partial charge is 0.128 e. The van der Waals surface area contributed by atoms with E-state index in [1.54, 1.807) is 6.07 Å². The van der Waals surface area contributed by atoms with Crippen molar-refractivity contribution < 1.29 is 4.39 Å². The lowest BCUT2D eigenvalue weighted by atomic mass is 10.0. The highest BCUT2D eigenvalue weighted by Crippen LogP contribution is 2.25. The van der Waals surface area contributed by atoms with Gasteiger partial charge in [-0.2, -0.15) is 0 Å². The van der Waals surface area contributed by atoms with Gasteiger partial charge in [-0.3, -0.25) is 0 Å². The first-order valence-electron chi connectivity index (χ1n) is 5.81. The summed E-state index contributed by atoms with van der Waals surface area (Å²) >= 11 is 3.38. The first kappa shape index (κ1) is 13.7. The summed E-state index contributed by atoms with van der Waals surface area (Å²) in [5, 5.41) is 3.18. The number of halogens is 2. The number of rotatable bonds is 6. The molecular weight excluding hydrogens is 269 g/mol. The van der Waals surface area contributed by atoms with E-state index in [9.17, 15) is 4.39 Å². The molecule has 1 nitrogen and oxygen atoms in total. The number of hydrogen-bond donors (Lipinski definition) is 1. The van der Waals surface area contributed by atoms with Crippen LogP contribution in [0.4, 0.5) is 4.39 Å². The van der Waals surface area contributed by atoms with Gasteiger partial charge in [-0.15, -0.1) is 0 Å². The molecule has 0 aliphatic heterocycles. The molecule has 0 aromatic heterocycles. The van der Waals surface area contributed by atoms with Gasteiger partial charge < -0.3 is 5.32 Å². The summed E-state index contributed by atoms with van der Waals surface area (Å²) in [5.74, 6) is -0.126. The fourth-order valence-electron chi connectivity index (χ4n) is 1.84. The first-order valence-corrected chi connectivity index (χ1v) is 6.60. The maximum Gasteiger partial charge on any atom is 0.128 e. The van der Waals surface area contributed by atoms with Gasteiger partial charge >= 0.3 is 0 Å². The number of benzene rings is 1. The molecule has 3 heteroatoms. The summed E-state index contributed by atoms with van der Waals surface area (Å²) in [6.07, 6.45) is 4.51. The lowest BCUT2D eigenvalue weighted by Gasteiger charge is -2.17. The van der Waals surface area contributed by atoms with E-state index in [1.807, 2.05) is 13.1 Å². The monoisotopic (exact) mass is 287 g/mol. The lowest BCUT2D eigenvalue weighted by Crippen LogP contribution is -2.17. The van der Waals surface area contributed by atoms with Gasteiger partial charge in [0.2, 0.25) is 0 Å². The minimum absolute atomic E-state index is 0.115. The fraction of sp³-hybridized carbons (Fsp3) is 0.538. The van der Waals surface area contributed by atoms with Crippen molar-refractivity contribution in [3.8, 4) is 0 Å². The van der Waals surface area contributed by atoms with Crippen molar-refractivity contribution in [2.24, 2.45) is 0 Å². The topological polar surface area (TPSA) is 12.0 Å². The van der Waals surface area contributed by atoms with Crippen LogP contribution in [0.3, 0.4) is 0 Å². The molecule has 16 heavy (non-hydrogen) atoms. The molecule has 0 spiro atoms. The molecule has 0 bridgehead atoms. The Kier molecular flexibility index (Phi) is 5.99. The minimum Gasteiger partial charge on any atom is -0.313 e. The molecule has 1 aromatic rings. The third-order valence-corrected chi connectivity index (χ3v) is 3.27. The van der Waals surface area contributed by atoms with Gasteiger partial charge in [-0.1, -0.05) is 42.1 Å². The van der Waals surface area contributed by atoms with E-state index in [1.165, 1.54) is 18.9 Å². The zero-order valence-electron chi connectivity index (χ0n) is 9.89. The van der Waals surface area contributed by atoms with Crippen molar-refractivity contribution >= 4 is 15.9 Å². The van der Waals surface area contributed by atoms with Crippen molar-refractivity contribution in [3.05, 3.63) is 34.1 Å². The Morgan fingerprint density at radius 3 is 2.75 bits per heavy atom. The maximum atomic E-state index is 13.7. The van der Waals surface area contributed by atoms with Gasteiger partial charge in [0.1, 0.15) is 5.82 Å². The largest absolute Gasteiger partial charge is 0.313 e. The van der Waals surface area contributed by atoms with Crippen molar-refractivity contribution in [2.75, 3.05) is 7.05 Å². The summed E-state index contributed by atoms with van der Waals surface area (Å²) in [6.45, 7) is 2.17. The molecule has 1 N–H and O–H groups in total. The van der Waals surface area contributed by atoms with E-state index in [-0.39, 0.29) is 11.9 Å². The Labute approximate surface area is 106 Å². The van der Waals surface area contributed by atoms with Crippen LogP contribution in [-0.2, 0) is 0 Å². The third kappa shape index (κ3) is 3.87. The van der Waals surface area contributed by atoms with Gasteiger partial charge in [-0.25, -0.2) is 4.39 Å². The molecule has 0 saturated heterocycles. The predicted molar refractivity (Wildman–Crippen MR) is 70.0 cm³/mol. The van der Waals surface area contributed by atoms with Crippen molar-refractivity contribution in [3.63, 3.8) is 0 Å². The molecule has 90 valence electrons. The van der Waals surface area contributed by atoms with Gasteiger partial charge in [0.15, 0.2) is 0 Å². The fourth-order valence-corrected chi connectivity index (χ4v) is 2.21. The van der Waals surface area contributed by atoms with Crippen LogP contribution in [-0.4, -0.2) is 7.05 Å². The summed E-state index contributed by atoms with van der Waals surface area (Å²) in [5.41, 5.74) is 0.757. The average molecular weight is 288 g/mol. The average Bonchev–Trinajstić information content (AvgIpc) is 2.28. The molecule has 1 unspecified atom stereocenters. The Morgan fingerprint density at radius 2 is 2.12 bits per heavy atom. The molecule has 0 amide bonds. The van der Waals surface area contributed by atoms with Gasteiger partial charge in [0.05, 0.1) is 0 Å². The Morgan fingerprint density at radius 1 is 1.38 bits per heavy atom. The van der Waals surface area contributed by atoms with Crippen LogP contribution in [0.25, 0.3) is 0 Å². The molecule has 0 aliphatic rings. The normalized spacial score (nSPS) is 12.8. The standard InChI is InChI=1S/C13H19BrFN/c1-3-4-5-6-13(16-2)11-9-10(14)7-8-12(11)15/h7-9,13,16H,3-6H2,1-2H3. The summed E-state index contributed by atoms with van der Waals surface area (Å²) in [6, 6.07) is 5.23. The van der Waals surface area contributed by atoms with E-state index in [0.29, 0.717) is 0 Å². The number of unbranched alkanes of at least 4 members (excludes halogenated alkanes) is 2. The van der Waals surface area contributed by atoms with Crippen LogP contribution in [0.2, 0.25) is 0 Å². The molecule has 1 rings (SSSR count). The zero-order valence-corrected chi connectivity index (χ0v) is 11.5. The Hall–Kier alpha value is -0.410. The van der Waals surface area contributed by atoms with E-state index in [2.05, 4.69) is 28.2 Å². The van der Waals surface area contributed by atoms with E-state index >= 15 is 0 Å². The maximum absolute atomic E-state index is 13.7. The number of nitrogens with one attached hydrogen (secondary N) is 1. The van der Waals surface area contributed by atoms with Gasteiger partial charge in [0.25, 0.3) is 0 Å². The van der Waals surface area contributed by atoms with E-state index in [0.717, 1.165) is 22.9 Å². The van der Waals surface area contributed by atoms with Crippen LogP contribution in [0, 0.1) is 5.82 Å². The Bertz CT molecular complexity index is 328. The minimum atomic E-state index is -0.126. The summed E-state index contributed by atoms with van der Waals surface area (Å²) in [7, 11) is 1.89. The predicted octanol–water partition coefficient (Wildman–Crippen LogP) is 4.43. The highest BCUT2D eigenvalue weighted by Gasteiger charge is 2.13. The molecule has 0 fully saturated rings. The molecule has 0 radical (unpaired) electrons. The first-order chi connectivity index (χ1) is 7.69. The van der Waals surface area contributed by atoms with Crippen LogP contribution in [0.1, 0.15) is 44.2 Å². The van der Waals surface area contributed by atoms with Crippen LogP contribution in [0.15, 0.2) is 22.7 Å². The van der Waals surface area contributed by atoms with Crippen molar-refractivity contribution in [1.82, 2.24) is 5.32 Å². The van der Waals surface area contributed by atoms with E-state index < -0.39 is 0 Å². The molecule has 0 heterocycles. The second kappa shape index (κ2) is 7.02. The lowest BCUT2D eigenvalue weighted by molar-refractivity contribution is 0.484. The van der Waals surface area contributed by atoms with Crippen LogP contribution in [0.5, 0.6) is 0 Å². The second-order valence-corrected chi connectivity index (χ2v) is 4.92. The van der Waals surface area contributed by atoms with Gasteiger partial charge in [0, 0.05) is 16.1 Å². The van der Waals surface area contributed by atoms with Crippen molar-refractivity contribution in [1.29, 1.82) is 0 Å². The summed E-state index contributed by atoms with van der Waals surface area (Å²) < 4.78 is 14.6. The number of hydrogen-bond acceptors (Lipinski definition) is 1. The SMILES string of the molecule is CCCCCC(NC)c1cc(Br)ccc1F. The van der Waals surface area contributed by atoms with Crippen molar-refractivity contribution in [2.45, 2.75) is 38.6 Å². The molecule has 1 aromatic carbocycles. The van der Waals surface area contributed by atoms with E-state index in [4.69, 9.17) is 0 Å². The molecule has 1 atom stereocenters. The highest BCUT2D eigenvalue weighted by atomic mass is 79.9. The van der Waals surface area contributed by atoms with Gasteiger partial charge in [-0.05, 0) is 31.7 Å². The zero-order chi connectivity index (χ0) is 12.0. The third-order valence-electron chi connectivity index (χ3n) is 2.78. The Balaban J connectivity index is 2.73.